The maximum Gasteiger partial charge on any atom is 0.243 e. The Balaban J connectivity index is 1.87. The molecule has 0 bridgehead atoms. The topological polar surface area (TPSA) is 86.8 Å². The lowest BCUT2D eigenvalue weighted by Crippen LogP contribution is -2.50. The second-order valence-corrected chi connectivity index (χ2v) is 12.7. The molecule has 0 aliphatic rings. The number of aryl methyl sites for hydroxylation is 2. The van der Waals surface area contributed by atoms with Crippen LogP contribution in [0, 0.1) is 6.92 Å². The summed E-state index contributed by atoms with van der Waals surface area (Å²) in [6.07, 6.45) is 4.67. The molecule has 0 saturated carbocycles. The smallest absolute Gasteiger partial charge is 0.243 e. The standard InChI is InChI=1S/C34H45N3O4S/c1-5-7-23-35-34(39)32(25-29-15-9-8-10-16-29)36(26-30-17-12-11-14-27(30)3)33(38)18-13-24-37(42(4,40)41)31-21-19-28(6-2)20-22-31/h8-12,14-17,19-22,32H,5-7,13,18,23-26H2,1-4H3,(H,35,39). The molecule has 0 spiro atoms. The van der Waals surface area contributed by atoms with Gasteiger partial charge in [-0.1, -0.05) is 87.0 Å². The summed E-state index contributed by atoms with van der Waals surface area (Å²) in [7, 11) is -3.55. The summed E-state index contributed by atoms with van der Waals surface area (Å²) in [6, 6.07) is 24.4. The van der Waals surface area contributed by atoms with E-state index < -0.39 is 16.1 Å². The third-order valence-electron chi connectivity index (χ3n) is 7.49. The van der Waals surface area contributed by atoms with Crippen LogP contribution in [0.15, 0.2) is 78.9 Å². The van der Waals surface area contributed by atoms with Crippen LogP contribution >= 0.6 is 0 Å². The van der Waals surface area contributed by atoms with Crippen LogP contribution in [-0.4, -0.2) is 50.5 Å². The number of benzene rings is 3. The highest BCUT2D eigenvalue weighted by molar-refractivity contribution is 7.92. The van der Waals surface area contributed by atoms with Crippen LogP contribution in [0.1, 0.15) is 61.8 Å². The van der Waals surface area contributed by atoms with Gasteiger partial charge in [0.15, 0.2) is 0 Å². The fraction of sp³-hybridized carbons (Fsp3) is 0.412. The Kier molecular flexibility index (Phi) is 12.6. The molecule has 7 nitrogen and oxygen atoms in total. The molecule has 3 rings (SSSR count). The Bertz CT molecular complexity index is 1390. The van der Waals surface area contributed by atoms with Crippen LogP contribution < -0.4 is 9.62 Å². The van der Waals surface area contributed by atoms with E-state index in [1.54, 1.807) is 4.90 Å². The largest absolute Gasteiger partial charge is 0.354 e. The van der Waals surface area contributed by atoms with Crippen LogP contribution in [0.4, 0.5) is 5.69 Å². The molecule has 1 N–H and O–H groups in total. The van der Waals surface area contributed by atoms with Crippen LogP contribution in [-0.2, 0) is 39.0 Å². The van der Waals surface area contributed by atoms with Crippen LogP contribution in [0.2, 0.25) is 0 Å². The number of carbonyl (C=O) groups excluding carboxylic acids is 2. The highest BCUT2D eigenvalue weighted by Gasteiger charge is 2.30. The molecule has 0 aliphatic heterocycles. The first-order valence-corrected chi connectivity index (χ1v) is 16.7. The van der Waals surface area contributed by atoms with E-state index in [0.717, 1.165) is 41.5 Å². The van der Waals surface area contributed by atoms with Gasteiger partial charge in [-0.05, 0) is 60.6 Å². The predicted octanol–water partition coefficient (Wildman–Crippen LogP) is 5.66. The summed E-state index contributed by atoms with van der Waals surface area (Å²) in [5.41, 5.74) is 4.68. The maximum absolute atomic E-state index is 14.0. The van der Waals surface area contributed by atoms with Crippen molar-refractivity contribution < 1.29 is 18.0 Å². The number of sulfonamides is 1. The highest BCUT2D eigenvalue weighted by Crippen LogP contribution is 2.21. The third-order valence-corrected chi connectivity index (χ3v) is 8.68. The third kappa shape index (κ3) is 9.72. The van der Waals surface area contributed by atoms with Gasteiger partial charge in [-0.2, -0.15) is 0 Å². The van der Waals surface area contributed by atoms with Crippen LogP contribution in [0.3, 0.4) is 0 Å². The van der Waals surface area contributed by atoms with Gasteiger partial charge in [0, 0.05) is 32.5 Å². The molecule has 226 valence electrons. The molecule has 0 aliphatic carbocycles. The number of nitrogens with one attached hydrogen (secondary N) is 1. The van der Waals surface area contributed by atoms with E-state index >= 15 is 0 Å². The normalized spacial score (nSPS) is 12.0. The lowest BCUT2D eigenvalue weighted by atomic mass is 10.0. The Morgan fingerprint density at radius 2 is 1.52 bits per heavy atom. The fourth-order valence-corrected chi connectivity index (χ4v) is 5.90. The van der Waals surface area contributed by atoms with Crippen molar-refractivity contribution in [2.45, 2.75) is 71.9 Å². The molecular formula is C34H45N3O4S. The second kappa shape index (κ2) is 16.1. The number of hydrogen-bond acceptors (Lipinski definition) is 4. The van der Waals surface area contributed by atoms with Crippen molar-refractivity contribution in [2.75, 3.05) is 23.7 Å². The summed E-state index contributed by atoms with van der Waals surface area (Å²) in [6.45, 7) is 7.12. The van der Waals surface area contributed by atoms with Crippen molar-refractivity contribution in [3.05, 3.63) is 101 Å². The van der Waals surface area contributed by atoms with E-state index in [2.05, 4.69) is 12.2 Å². The van der Waals surface area contributed by atoms with Crippen molar-refractivity contribution in [2.24, 2.45) is 0 Å². The van der Waals surface area contributed by atoms with Gasteiger partial charge < -0.3 is 10.2 Å². The van der Waals surface area contributed by atoms with E-state index in [1.807, 2.05) is 92.7 Å². The molecule has 0 saturated heterocycles. The zero-order valence-corrected chi connectivity index (χ0v) is 26.2. The fourth-order valence-electron chi connectivity index (χ4n) is 4.93. The molecule has 0 fully saturated rings. The average Bonchev–Trinajstić information content (AvgIpc) is 2.98. The first-order valence-electron chi connectivity index (χ1n) is 14.9. The van der Waals surface area contributed by atoms with Gasteiger partial charge >= 0.3 is 0 Å². The van der Waals surface area contributed by atoms with Gasteiger partial charge in [-0.3, -0.25) is 13.9 Å². The molecule has 3 aromatic rings. The van der Waals surface area contributed by atoms with E-state index in [9.17, 15) is 18.0 Å². The highest BCUT2D eigenvalue weighted by atomic mass is 32.2. The first kappa shape index (κ1) is 32.9. The average molecular weight is 592 g/mol. The Hall–Kier alpha value is -3.65. The molecule has 1 atom stereocenters. The molecule has 0 radical (unpaired) electrons. The summed E-state index contributed by atoms with van der Waals surface area (Å²) in [5, 5.41) is 3.04. The minimum atomic E-state index is -3.55. The van der Waals surface area contributed by atoms with Gasteiger partial charge in [-0.15, -0.1) is 0 Å². The Labute approximate surface area is 252 Å². The lowest BCUT2D eigenvalue weighted by Gasteiger charge is -2.32. The van der Waals surface area contributed by atoms with Crippen molar-refractivity contribution in [3.63, 3.8) is 0 Å². The summed E-state index contributed by atoms with van der Waals surface area (Å²) in [5.74, 6) is -0.359. The Morgan fingerprint density at radius 3 is 2.14 bits per heavy atom. The molecular weight excluding hydrogens is 546 g/mol. The molecule has 0 aromatic heterocycles. The maximum atomic E-state index is 14.0. The number of nitrogens with zero attached hydrogens (tertiary/aromatic N) is 2. The number of carbonyl (C=O) groups is 2. The van der Waals surface area contributed by atoms with E-state index in [0.29, 0.717) is 31.6 Å². The zero-order valence-electron chi connectivity index (χ0n) is 25.4. The monoisotopic (exact) mass is 591 g/mol. The van der Waals surface area contributed by atoms with Gasteiger partial charge in [0.2, 0.25) is 21.8 Å². The quantitative estimate of drug-likeness (QED) is 0.218. The molecule has 3 aromatic carbocycles. The van der Waals surface area contributed by atoms with Crippen molar-refractivity contribution in [1.29, 1.82) is 0 Å². The van der Waals surface area contributed by atoms with Gasteiger partial charge in [0.25, 0.3) is 0 Å². The predicted molar refractivity (Wildman–Crippen MR) is 171 cm³/mol. The summed E-state index contributed by atoms with van der Waals surface area (Å²) < 4.78 is 26.7. The lowest BCUT2D eigenvalue weighted by molar-refractivity contribution is -0.141. The van der Waals surface area contributed by atoms with Crippen LogP contribution in [0.25, 0.3) is 0 Å². The second-order valence-electron chi connectivity index (χ2n) is 10.8. The van der Waals surface area contributed by atoms with Crippen molar-refractivity contribution >= 4 is 27.5 Å². The van der Waals surface area contributed by atoms with E-state index in [-0.39, 0.29) is 24.8 Å². The molecule has 2 amide bonds. The number of rotatable bonds is 16. The zero-order chi connectivity index (χ0) is 30.5. The molecule has 8 heteroatoms. The van der Waals surface area contributed by atoms with Crippen molar-refractivity contribution in [1.82, 2.24) is 10.2 Å². The number of amides is 2. The van der Waals surface area contributed by atoms with Gasteiger partial charge in [-0.25, -0.2) is 8.42 Å². The van der Waals surface area contributed by atoms with Gasteiger partial charge in [0.1, 0.15) is 6.04 Å². The number of unbranched alkanes of at least 4 members (excludes halogenated alkanes) is 1. The van der Waals surface area contributed by atoms with Crippen LogP contribution in [0.5, 0.6) is 0 Å². The minimum absolute atomic E-state index is 0.110. The minimum Gasteiger partial charge on any atom is -0.354 e. The van der Waals surface area contributed by atoms with E-state index in [1.165, 1.54) is 10.6 Å². The molecule has 1 unspecified atom stereocenters. The summed E-state index contributed by atoms with van der Waals surface area (Å²) >= 11 is 0. The van der Waals surface area contributed by atoms with Crippen molar-refractivity contribution in [3.8, 4) is 0 Å². The Morgan fingerprint density at radius 1 is 0.857 bits per heavy atom. The molecule has 42 heavy (non-hydrogen) atoms. The summed E-state index contributed by atoms with van der Waals surface area (Å²) in [4.78, 5) is 29.2. The number of anilines is 1. The van der Waals surface area contributed by atoms with E-state index in [4.69, 9.17) is 0 Å². The molecule has 0 heterocycles. The first-order chi connectivity index (χ1) is 20.1. The number of hydrogen-bond donors (Lipinski definition) is 1. The van der Waals surface area contributed by atoms with Gasteiger partial charge in [0.05, 0.1) is 11.9 Å². The SMILES string of the molecule is CCCCNC(=O)C(Cc1ccccc1)N(Cc1ccccc1C)C(=O)CCCN(c1ccc(CC)cc1)S(C)(=O)=O.